The molecule has 19 heavy (non-hydrogen) atoms. The van der Waals surface area contributed by atoms with Gasteiger partial charge in [-0.25, -0.2) is 0 Å². The molecule has 2 rings (SSSR count). The highest BCUT2D eigenvalue weighted by Gasteiger charge is 2.30. The van der Waals surface area contributed by atoms with Crippen molar-refractivity contribution in [2.75, 3.05) is 5.32 Å². The summed E-state index contributed by atoms with van der Waals surface area (Å²) in [6, 6.07) is 8.94. The third-order valence-corrected chi connectivity index (χ3v) is 2.48. The van der Waals surface area contributed by atoms with E-state index >= 15 is 0 Å². The molecule has 0 amide bonds. The van der Waals surface area contributed by atoms with E-state index < -0.39 is 17.8 Å². The summed E-state index contributed by atoms with van der Waals surface area (Å²) >= 11 is 0. The molecule has 0 aliphatic heterocycles. The van der Waals surface area contributed by atoms with Crippen molar-refractivity contribution >= 4 is 5.69 Å². The lowest BCUT2D eigenvalue weighted by Crippen LogP contribution is -2.08. The summed E-state index contributed by atoms with van der Waals surface area (Å²) in [5.74, 6) is 0.405. The van der Waals surface area contributed by atoms with Gasteiger partial charge in [-0.1, -0.05) is 0 Å². The van der Waals surface area contributed by atoms with Gasteiger partial charge in [-0.2, -0.15) is 18.4 Å². The molecule has 0 fully saturated rings. The van der Waals surface area contributed by atoms with E-state index in [2.05, 4.69) is 5.32 Å². The highest BCUT2D eigenvalue weighted by molar-refractivity contribution is 5.48. The minimum absolute atomic E-state index is 0.405. The van der Waals surface area contributed by atoms with E-state index in [4.69, 9.17) is 9.68 Å². The van der Waals surface area contributed by atoms with E-state index in [0.717, 1.165) is 12.1 Å². The van der Waals surface area contributed by atoms with Crippen molar-refractivity contribution in [1.29, 1.82) is 5.26 Å². The first-order chi connectivity index (χ1) is 9.00. The number of hydrogen-bond donors (Lipinski definition) is 1. The van der Waals surface area contributed by atoms with Gasteiger partial charge >= 0.3 is 6.18 Å². The minimum atomic E-state index is -4.37. The molecule has 2 aromatic rings. The van der Waals surface area contributed by atoms with Crippen molar-refractivity contribution < 1.29 is 17.6 Å². The monoisotopic (exact) mass is 266 g/mol. The first-order valence-electron chi connectivity index (χ1n) is 5.37. The van der Waals surface area contributed by atoms with Crippen LogP contribution >= 0.6 is 0 Å². The lowest BCUT2D eigenvalue weighted by Gasteiger charge is -2.12. The molecule has 98 valence electrons. The average Bonchev–Trinajstić information content (AvgIpc) is 2.89. The molecule has 0 saturated carbocycles. The van der Waals surface area contributed by atoms with E-state index in [1.165, 1.54) is 18.4 Å². The Kier molecular flexibility index (Phi) is 3.47. The van der Waals surface area contributed by atoms with Gasteiger partial charge in [0.15, 0.2) is 6.04 Å². The van der Waals surface area contributed by atoms with Crippen LogP contribution in [0.3, 0.4) is 0 Å². The highest BCUT2D eigenvalue weighted by Crippen LogP contribution is 2.30. The second kappa shape index (κ2) is 5.06. The summed E-state index contributed by atoms with van der Waals surface area (Å²) < 4.78 is 42.2. The zero-order valence-electron chi connectivity index (χ0n) is 9.61. The molecular formula is C13H9F3N2O. The van der Waals surface area contributed by atoms with Crippen LogP contribution in [0.4, 0.5) is 18.9 Å². The zero-order chi connectivity index (χ0) is 13.9. The Bertz CT molecular complexity index is 567. The van der Waals surface area contributed by atoms with E-state index in [1.807, 2.05) is 6.07 Å². The van der Waals surface area contributed by atoms with Crippen molar-refractivity contribution in [2.45, 2.75) is 12.2 Å². The fourth-order valence-electron chi connectivity index (χ4n) is 1.54. The van der Waals surface area contributed by atoms with Gasteiger partial charge in [0, 0.05) is 5.69 Å². The van der Waals surface area contributed by atoms with Gasteiger partial charge in [0.1, 0.15) is 5.76 Å². The van der Waals surface area contributed by atoms with Crippen molar-refractivity contribution in [1.82, 2.24) is 0 Å². The topological polar surface area (TPSA) is 49.0 Å². The summed E-state index contributed by atoms with van der Waals surface area (Å²) in [4.78, 5) is 0. The molecule has 0 bridgehead atoms. The maximum atomic E-state index is 12.4. The van der Waals surface area contributed by atoms with Crippen LogP contribution in [-0.2, 0) is 6.18 Å². The Morgan fingerprint density at radius 2 is 1.84 bits per heavy atom. The summed E-state index contributed by atoms with van der Waals surface area (Å²) in [7, 11) is 0. The predicted molar refractivity (Wildman–Crippen MR) is 62.1 cm³/mol. The summed E-state index contributed by atoms with van der Waals surface area (Å²) in [6.45, 7) is 0. The number of benzene rings is 1. The minimum Gasteiger partial charge on any atom is -0.466 e. The zero-order valence-corrected chi connectivity index (χ0v) is 9.61. The first-order valence-corrected chi connectivity index (χ1v) is 5.37. The number of rotatable bonds is 3. The van der Waals surface area contributed by atoms with Gasteiger partial charge in [-0.3, -0.25) is 0 Å². The number of hydrogen-bond acceptors (Lipinski definition) is 3. The smallest absolute Gasteiger partial charge is 0.416 e. The van der Waals surface area contributed by atoms with Gasteiger partial charge in [0.05, 0.1) is 17.9 Å². The summed E-state index contributed by atoms with van der Waals surface area (Å²) in [5, 5.41) is 11.8. The Morgan fingerprint density at radius 3 is 2.32 bits per heavy atom. The van der Waals surface area contributed by atoms with E-state index in [9.17, 15) is 13.2 Å². The number of nitrogens with zero attached hydrogens (tertiary/aromatic N) is 1. The molecular weight excluding hydrogens is 257 g/mol. The molecule has 1 aromatic heterocycles. The number of anilines is 1. The van der Waals surface area contributed by atoms with Crippen molar-refractivity contribution in [3.63, 3.8) is 0 Å². The molecule has 0 aliphatic rings. The molecule has 0 spiro atoms. The van der Waals surface area contributed by atoms with Crippen LogP contribution in [-0.4, -0.2) is 0 Å². The molecule has 3 nitrogen and oxygen atoms in total. The molecule has 1 heterocycles. The predicted octanol–water partition coefficient (Wildman–Crippen LogP) is 3.98. The summed E-state index contributed by atoms with van der Waals surface area (Å²) in [5.41, 5.74) is -0.319. The Balaban J connectivity index is 2.14. The highest BCUT2D eigenvalue weighted by atomic mass is 19.4. The van der Waals surface area contributed by atoms with Gasteiger partial charge in [0.25, 0.3) is 0 Å². The lowest BCUT2D eigenvalue weighted by atomic mass is 10.1. The van der Waals surface area contributed by atoms with Crippen molar-refractivity contribution in [3.8, 4) is 6.07 Å². The molecule has 0 radical (unpaired) electrons. The van der Waals surface area contributed by atoms with Crippen LogP contribution in [0, 0.1) is 11.3 Å². The molecule has 0 aliphatic carbocycles. The van der Waals surface area contributed by atoms with Crippen LogP contribution in [0.15, 0.2) is 47.1 Å². The third kappa shape index (κ3) is 3.07. The Labute approximate surface area is 107 Å². The van der Waals surface area contributed by atoms with Crippen LogP contribution in [0.5, 0.6) is 0 Å². The third-order valence-electron chi connectivity index (χ3n) is 2.48. The molecule has 1 N–H and O–H groups in total. The SMILES string of the molecule is N#C[C@H](Nc1ccc(C(F)(F)F)cc1)c1ccco1. The van der Waals surface area contributed by atoms with Crippen LogP contribution in [0.25, 0.3) is 0 Å². The normalized spacial score (nSPS) is 12.7. The molecule has 0 unspecified atom stereocenters. The second-order valence-corrected chi connectivity index (χ2v) is 3.80. The number of nitrogens with one attached hydrogen (secondary N) is 1. The van der Waals surface area contributed by atoms with Gasteiger partial charge in [-0.05, 0) is 36.4 Å². The maximum absolute atomic E-state index is 12.4. The number of alkyl halides is 3. The van der Waals surface area contributed by atoms with Gasteiger partial charge < -0.3 is 9.73 Å². The van der Waals surface area contributed by atoms with Gasteiger partial charge in [0.2, 0.25) is 0 Å². The fraction of sp³-hybridized carbons (Fsp3) is 0.154. The first kappa shape index (κ1) is 13.0. The van der Waals surface area contributed by atoms with Crippen LogP contribution < -0.4 is 5.32 Å². The van der Waals surface area contributed by atoms with Crippen LogP contribution in [0.1, 0.15) is 17.4 Å². The number of furan rings is 1. The Hall–Kier alpha value is -2.42. The quantitative estimate of drug-likeness (QED) is 0.914. The molecule has 1 aromatic carbocycles. The maximum Gasteiger partial charge on any atom is 0.416 e. The molecule has 1 atom stereocenters. The molecule has 6 heteroatoms. The molecule has 0 saturated heterocycles. The van der Waals surface area contributed by atoms with E-state index in [1.54, 1.807) is 12.1 Å². The van der Waals surface area contributed by atoms with Crippen molar-refractivity contribution in [2.24, 2.45) is 0 Å². The standard InChI is InChI=1S/C13H9F3N2O/c14-13(15,16)9-3-5-10(6-4-9)18-11(8-17)12-2-1-7-19-12/h1-7,11,18H/t11-/m0/s1. The Morgan fingerprint density at radius 1 is 1.16 bits per heavy atom. The summed E-state index contributed by atoms with van der Waals surface area (Å²) in [6.07, 6.45) is -2.94. The van der Waals surface area contributed by atoms with Gasteiger partial charge in [-0.15, -0.1) is 0 Å². The largest absolute Gasteiger partial charge is 0.466 e. The number of halogens is 3. The van der Waals surface area contributed by atoms with E-state index in [-0.39, 0.29) is 0 Å². The fourth-order valence-corrected chi connectivity index (χ4v) is 1.54. The second-order valence-electron chi connectivity index (χ2n) is 3.80. The van der Waals surface area contributed by atoms with Crippen LogP contribution in [0.2, 0.25) is 0 Å². The number of nitriles is 1. The average molecular weight is 266 g/mol. The van der Waals surface area contributed by atoms with Crippen molar-refractivity contribution in [3.05, 3.63) is 54.0 Å². The van der Waals surface area contributed by atoms with E-state index in [0.29, 0.717) is 11.4 Å². The lowest BCUT2D eigenvalue weighted by molar-refractivity contribution is -0.137.